The molecule has 5 heteroatoms. The van der Waals surface area contributed by atoms with Gasteiger partial charge in [0.1, 0.15) is 11.9 Å². The number of nitrogens with zero attached hydrogens (tertiary/aromatic N) is 1. The van der Waals surface area contributed by atoms with E-state index in [4.69, 9.17) is 9.47 Å². The average Bonchev–Trinajstić information content (AvgIpc) is 2.45. The Morgan fingerprint density at radius 1 is 1.38 bits per heavy atom. The number of para-hydroxylation sites is 1. The van der Waals surface area contributed by atoms with Crippen LogP contribution in [0.5, 0.6) is 5.75 Å². The van der Waals surface area contributed by atoms with E-state index in [2.05, 4.69) is 4.90 Å². The summed E-state index contributed by atoms with van der Waals surface area (Å²) in [5.41, 5.74) is 0.868. The maximum absolute atomic E-state index is 11.8. The number of benzene rings is 1. The number of halogens is 1. The van der Waals surface area contributed by atoms with Crippen LogP contribution < -0.4 is 4.74 Å². The molecular formula is C16H22ClNO3. The second kappa shape index (κ2) is 8.70. The van der Waals surface area contributed by atoms with Crippen molar-refractivity contribution in [3.8, 4) is 5.75 Å². The lowest BCUT2D eigenvalue weighted by Crippen LogP contribution is -2.37. The highest BCUT2D eigenvalue weighted by molar-refractivity contribution is 5.87. The van der Waals surface area contributed by atoms with Gasteiger partial charge in [0, 0.05) is 18.2 Å². The quantitative estimate of drug-likeness (QED) is 0.633. The first-order chi connectivity index (χ1) is 9.69. The van der Waals surface area contributed by atoms with Gasteiger partial charge in [0.2, 0.25) is 0 Å². The van der Waals surface area contributed by atoms with Gasteiger partial charge >= 0.3 is 5.97 Å². The van der Waals surface area contributed by atoms with Crippen molar-refractivity contribution in [2.24, 2.45) is 0 Å². The first kappa shape index (κ1) is 17.5. The van der Waals surface area contributed by atoms with Gasteiger partial charge in [-0.2, -0.15) is 0 Å². The second-order valence-electron chi connectivity index (χ2n) is 5.04. The smallest absolute Gasteiger partial charge is 0.331 e. The van der Waals surface area contributed by atoms with Crippen LogP contribution in [0, 0.1) is 0 Å². The number of piperidine rings is 1. The third kappa shape index (κ3) is 5.40. The molecule has 116 valence electrons. The van der Waals surface area contributed by atoms with Gasteiger partial charge in [0.15, 0.2) is 0 Å². The first-order valence-corrected chi connectivity index (χ1v) is 6.89. The Hall–Kier alpha value is -1.52. The van der Waals surface area contributed by atoms with E-state index >= 15 is 0 Å². The van der Waals surface area contributed by atoms with E-state index < -0.39 is 0 Å². The van der Waals surface area contributed by atoms with Gasteiger partial charge in [-0.15, -0.1) is 12.4 Å². The maximum Gasteiger partial charge on any atom is 0.331 e. The van der Waals surface area contributed by atoms with E-state index in [-0.39, 0.29) is 24.5 Å². The van der Waals surface area contributed by atoms with E-state index in [0.717, 1.165) is 37.2 Å². The molecular weight excluding hydrogens is 290 g/mol. The highest BCUT2D eigenvalue weighted by atomic mass is 35.5. The molecule has 0 aliphatic carbocycles. The minimum Gasteiger partial charge on any atom is -0.496 e. The van der Waals surface area contributed by atoms with Gasteiger partial charge in [0.05, 0.1) is 7.11 Å². The average molecular weight is 312 g/mol. The number of esters is 1. The van der Waals surface area contributed by atoms with E-state index in [1.165, 1.54) is 6.08 Å². The first-order valence-electron chi connectivity index (χ1n) is 6.89. The van der Waals surface area contributed by atoms with Crippen LogP contribution in [0.2, 0.25) is 0 Å². The molecule has 1 aromatic carbocycles. The maximum atomic E-state index is 11.8. The minimum atomic E-state index is -0.295. The van der Waals surface area contributed by atoms with E-state index in [1.807, 2.05) is 31.3 Å². The van der Waals surface area contributed by atoms with E-state index in [1.54, 1.807) is 13.2 Å². The molecule has 0 aromatic heterocycles. The molecule has 1 fully saturated rings. The molecule has 0 spiro atoms. The van der Waals surface area contributed by atoms with Gasteiger partial charge in [0.25, 0.3) is 0 Å². The number of hydrogen-bond acceptors (Lipinski definition) is 4. The second-order valence-corrected chi connectivity index (χ2v) is 5.04. The van der Waals surface area contributed by atoms with Crippen molar-refractivity contribution in [1.29, 1.82) is 0 Å². The molecule has 0 bridgehead atoms. The standard InChI is InChI=1S/C16H21NO3.ClH/c1-17-11-5-7-14(12-17)20-16(18)10-9-13-6-3-4-8-15(13)19-2;/h3-4,6,8-10,14H,5,7,11-12H2,1-2H3;1H/b10-9+;. The molecule has 2 rings (SSSR count). The summed E-state index contributed by atoms with van der Waals surface area (Å²) in [6.45, 7) is 1.89. The molecule has 1 aromatic rings. The lowest BCUT2D eigenvalue weighted by Gasteiger charge is -2.28. The van der Waals surface area contributed by atoms with Crippen LogP contribution in [-0.4, -0.2) is 44.2 Å². The van der Waals surface area contributed by atoms with Crippen LogP contribution in [-0.2, 0) is 9.53 Å². The number of rotatable bonds is 4. The third-order valence-corrected chi connectivity index (χ3v) is 3.40. The molecule has 1 saturated heterocycles. The highest BCUT2D eigenvalue weighted by Crippen LogP contribution is 2.19. The summed E-state index contributed by atoms with van der Waals surface area (Å²) in [5.74, 6) is 0.449. The van der Waals surface area contributed by atoms with Crippen molar-refractivity contribution >= 4 is 24.5 Å². The Labute approximate surface area is 132 Å². The van der Waals surface area contributed by atoms with Gasteiger partial charge in [-0.1, -0.05) is 18.2 Å². The van der Waals surface area contributed by atoms with Crippen molar-refractivity contribution in [2.45, 2.75) is 18.9 Å². The summed E-state index contributed by atoms with van der Waals surface area (Å²) in [6, 6.07) is 7.56. The summed E-state index contributed by atoms with van der Waals surface area (Å²) in [4.78, 5) is 14.0. The van der Waals surface area contributed by atoms with Crippen molar-refractivity contribution in [1.82, 2.24) is 4.90 Å². The lowest BCUT2D eigenvalue weighted by molar-refractivity contribution is -0.145. The molecule has 1 atom stereocenters. The number of methoxy groups -OCH3 is 1. The van der Waals surface area contributed by atoms with Crippen LogP contribution in [0.25, 0.3) is 6.08 Å². The normalized spacial score (nSPS) is 19.0. The molecule has 0 radical (unpaired) electrons. The molecule has 4 nitrogen and oxygen atoms in total. The fraction of sp³-hybridized carbons (Fsp3) is 0.438. The predicted molar refractivity (Wildman–Crippen MR) is 85.9 cm³/mol. The molecule has 1 aliphatic rings. The topological polar surface area (TPSA) is 38.8 Å². The number of hydrogen-bond donors (Lipinski definition) is 0. The van der Waals surface area contributed by atoms with Crippen LogP contribution >= 0.6 is 12.4 Å². The fourth-order valence-corrected chi connectivity index (χ4v) is 2.38. The van der Waals surface area contributed by atoms with Crippen molar-refractivity contribution < 1.29 is 14.3 Å². The van der Waals surface area contributed by atoms with Crippen LogP contribution in [0.4, 0.5) is 0 Å². The molecule has 0 N–H and O–H groups in total. The molecule has 1 unspecified atom stereocenters. The summed E-state index contributed by atoms with van der Waals surface area (Å²) in [7, 11) is 3.66. The van der Waals surface area contributed by atoms with Crippen molar-refractivity contribution in [2.75, 3.05) is 27.2 Å². The lowest BCUT2D eigenvalue weighted by atomic mass is 10.1. The Balaban J connectivity index is 0.00000220. The Kier molecular flexibility index (Phi) is 7.26. The summed E-state index contributed by atoms with van der Waals surface area (Å²) in [5, 5.41) is 0. The molecule has 0 amide bonds. The Morgan fingerprint density at radius 2 is 2.14 bits per heavy atom. The number of carbonyl (C=O) groups is 1. The van der Waals surface area contributed by atoms with E-state index in [9.17, 15) is 4.79 Å². The SMILES string of the molecule is COc1ccccc1/C=C/C(=O)OC1CCCN(C)C1.Cl. The Bertz CT molecular complexity index is 490. The molecule has 1 aliphatic heterocycles. The van der Waals surface area contributed by atoms with E-state index in [0.29, 0.717) is 0 Å². The van der Waals surface area contributed by atoms with Gasteiger partial charge in [-0.3, -0.25) is 0 Å². The summed E-state index contributed by atoms with van der Waals surface area (Å²) >= 11 is 0. The van der Waals surface area contributed by atoms with Gasteiger partial charge < -0.3 is 14.4 Å². The fourth-order valence-electron chi connectivity index (χ4n) is 2.38. The molecule has 0 saturated carbocycles. The third-order valence-electron chi connectivity index (χ3n) is 3.40. The summed E-state index contributed by atoms with van der Waals surface area (Å²) in [6.07, 6.45) is 5.22. The number of likely N-dealkylation sites (tertiary alicyclic amines) is 1. The molecule has 21 heavy (non-hydrogen) atoms. The van der Waals surface area contributed by atoms with Crippen LogP contribution in [0.3, 0.4) is 0 Å². The largest absolute Gasteiger partial charge is 0.496 e. The van der Waals surface area contributed by atoms with Crippen LogP contribution in [0.1, 0.15) is 18.4 Å². The van der Waals surface area contributed by atoms with Crippen LogP contribution in [0.15, 0.2) is 30.3 Å². The minimum absolute atomic E-state index is 0. The zero-order valence-electron chi connectivity index (χ0n) is 12.5. The number of ether oxygens (including phenoxy) is 2. The molecule has 1 heterocycles. The number of carbonyl (C=O) groups excluding carboxylic acids is 1. The zero-order chi connectivity index (χ0) is 14.4. The zero-order valence-corrected chi connectivity index (χ0v) is 13.3. The highest BCUT2D eigenvalue weighted by Gasteiger charge is 2.19. The van der Waals surface area contributed by atoms with Gasteiger partial charge in [-0.05, 0) is 38.6 Å². The Morgan fingerprint density at radius 3 is 2.86 bits per heavy atom. The van der Waals surface area contributed by atoms with Crippen molar-refractivity contribution in [3.63, 3.8) is 0 Å². The van der Waals surface area contributed by atoms with Gasteiger partial charge in [-0.25, -0.2) is 4.79 Å². The van der Waals surface area contributed by atoms with Crippen molar-refractivity contribution in [3.05, 3.63) is 35.9 Å². The predicted octanol–water partition coefficient (Wildman–Crippen LogP) is 2.77. The number of likely N-dealkylation sites (N-methyl/N-ethyl adjacent to an activating group) is 1. The summed E-state index contributed by atoms with van der Waals surface area (Å²) < 4.78 is 10.7. The monoisotopic (exact) mass is 311 g/mol.